The fraction of sp³-hybridized carbons (Fsp3) is 1.00. The maximum atomic E-state index is 11.6. The zero-order chi connectivity index (χ0) is 53.7. The van der Waals surface area contributed by atoms with Crippen molar-refractivity contribution in [2.24, 2.45) is 5.11 Å². The second-order valence-corrected chi connectivity index (χ2v) is 18.8. The molecular formula is C41H69N3O30. The number of hydrogen-bond acceptors (Lipinski definition) is 31. The van der Waals surface area contributed by atoms with Crippen molar-refractivity contribution in [2.75, 3.05) is 52.8 Å². The van der Waals surface area contributed by atoms with Crippen molar-refractivity contribution in [1.29, 1.82) is 0 Å². The van der Waals surface area contributed by atoms with Gasteiger partial charge in [-0.3, -0.25) is 0 Å². The van der Waals surface area contributed by atoms with Crippen molar-refractivity contribution in [3.63, 3.8) is 0 Å². The average Bonchev–Trinajstić information content (AvgIpc) is 3.39. The minimum Gasteiger partial charge on any atom is -0.394 e. The number of ether oxygens (including phenoxy) is 13. The van der Waals surface area contributed by atoms with Crippen LogP contribution in [0.5, 0.6) is 0 Å². The second kappa shape index (κ2) is 26.8. The highest BCUT2D eigenvalue weighted by molar-refractivity contribution is 5.01. The standard InChI is InChI=1S/C41H69N3O30/c42-44-43-4-2-1-3-5-62-11-17-35-23(55)29(61)41(68-17)73-34-16(10-49)66-39(27(59)21(34)53)71-32-14(8-47)64-37(25(57)19(32)51)69-30-12(6-45)63-36(24(56)18(30)50)70-31-13(7-46)65-38(26(58)20(31)52)72-33-15(9-48)67-40(74-35)28(60)22(33)54/h12-41,45-61H,1-11H2/t12-,13-,14-,15-,16-,17-,18-,19-,20-,21-,22-,23-,24-,25-,26-,27-,28-,29-,30-,31-,32-,33-,34-,35-,36-,37-,38-,39-,40-,41-/m1/s1. The molecule has 12 bridgehead atoms. The molecule has 33 nitrogen and oxygen atoms in total. The van der Waals surface area contributed by atoms with Gasteiger partial charge in [0.25, 0.3) is 0 Å². The van der Waals surface area contributed by atoms with Gasteiger partial charge in [-0.2, -0.15) is 0 Å². The molecule has 30 atom stereocenters. The van der Waals surface area contributed by atoms with Crippen molar-refractivity contribution in [3.05, 3.63) is 10.4 Å². The third-order valence-electron chi connectivity index (χ3n) is 13.9. The third-order valence-corrected chi connectivity index (χ3v) is 13.9. The largest absolute Gasteiger partial charge is 0.394 e. The van der Waals surface area contributed by atoms with Gasteiger partial charge in [-0.25, -0.2) is 0 Å². The molecule has 22 heterocycles. The molecule has 0 aromatic carbocycles. The quantitative estimate of drug-likeness (QED) is 0.0352. The maximum Gasteiger partial charge on any atom is 0.187 e. The number of nitrogens with zero attached hydrogens (tertiary/aromatic N) is 3. The Hall–Kier alpha value is -1.89. The molecule has 33 heteroatoms. The van der Waals surface area contributed by atoms with E-state index in [0.29, 0.717) is 19.3 Å². The molecule has 428 valence electrons. The van der Waals surface area contributed by atoms with Crippen molar-refractivity contribution < 1.29 is 148 Å². The zero-order valence-corrected chi connectivity index (χ0v) is 39.4. The van der Waals surface area contributed by atoms with Crippen LogP contribution in [-0.2, 0) is 61.6 Å². The van der Waals surface area contributed by atoms with E-state index in [-0.39, 0.29) is 13.2 Å². The van der Waals surface area contributed by atoms with Gasteiger partial charge >= 0.3 is 0 Å². The van der Waals surface area contributed by atoms with E-state index >= 15 is 0 Å². The summed E-state index contributed by atoms with van der Waals surface area (Å²) < 4.78 is 75.1. The average molecular weight is 1080 g/mol. The molecule has 22 saturated heterocycles. The summed E-state index contributed by atoms with van der Waals surface area (Å²) in [5, 5.41) is 192. The SMILES string of the molecule is [N-]=[N+]=NCCCCCOC[C@H]1O[C@@H]2O[C@H]3[C@H](O)[C@@H](O)[C@@H](O[C@H]4[C@H](O)[C@@H](O)[C@@H](O[C@H]5[C@H](O)[C@@H](O)[C@@H](O[C@H]6[C@H](O)[C@@H](O)[C@@H](O[C@H]7[C@H](O)[C@@H](O)[C@@H](O[C@H]1[C@H](O)[C@H]2O)O[C@@H]7CO)O[C@@H]6CO)O[C@@H]5CO)O[C@@H]4CO)O[C@@H]3CO. The van der Waals surface area contributed by atoms with Crippen molar-refractivity contribution in [2.45, 2.75) is 203 Å². The highest BCUT2D eigenvalue weighted by Crippen LogP contribution is 2.38. The minimum absolute atomic E-state index is 0.0513. The first-order chi connectivity index (χ1) is 35.4. The second-order valence-electron chi connectivity index (χ2n) is 18.8. The fourth-order valence-corrected chi connectivity index (χ4v) is 9.72. The van der Waals surface area contributed by atoms with Gasteiger partial charge in [0.2, 0.25) is 0 Å². The van der Waals surface area contributed by atoms with E-state index in [9.17, 15) is 86.8 Å². The molecular weight excluding hydrogens is 1010 g/mol. The van der Waals surface area contributed by atoms with Crippen molar-refractivity contribution in [3.8, 4) is 0 Å². The van der Waals surface area contributed by atoms with Crippen LogP contribution < -0.4 is 0 Å². The Balaban J connectivity index is 1.19. The summed E-state index contributed by atoms with van der Waals surface area (Å²) in [6.45, 7) is -5.19. The number of hydrogen-bond donors (Lipinski definition) is 17. The molecule has 22 fully saturated rings. The summed E-state index contributed by atoms with van der Waals surface area (Å²) >= 11 is 0. The Labute approximate surface area is 419 Å². The van der Waals surface area contributed by atoms with Crippen LogP contribution in [0.15, 0.2) is 5.11 Å². The normalized spacial score (nSPS) is 50.5. The Morgan fingerprint density at radius 1 is 0.324 bits per heavy atom. The zero-order valence-electron chi connectivity index (χ0n) is 39.4. The Bertz CT molecular complexity index is 1750. The lowest BCUT2D eigenvalue weighted by atomic mass is 9.94. The summed E-state index contributed by atoms with van der Waals surface area (Å²) in [6.07, 6.45) is -56.8. The molecule has 0 aromatic rings. The predicted molar refractivity (Wildman–Crippen MR) is 227 cm³/mol. The van der Waals surface area contributed by atoms with Gasteiger partial charge in [-0.15, -0.1) is 0 Å². The Morgan fingerprint density at radius 2 is 0.568 bits per heavy atom. The highest BCUT2D eigenvalue weighted by atomic mass is 16.8. The topological polar surface area (TPSA) is 513 Å². The van der Waals surface area contributed by atoms with Crippen LogP contribution in [0.2, 0.25) is 0 Å². The van der Waals surface area contributed by atoms with Gasteiger partial charge in [-0.1, -0.05) is 11.5 Å². The number of azide groups is 1. The van der Waals surface area contributed by atoms with Gasteiger partial charge in [0.05, 0.1) is 39.6 Å². The molecule has 0 amide bonds. The van der Waals surface area contributed by atoms with E-state index in [4.69, 9.17) is 67.1 Å². The van der Waals surface area contributed by atoms with Gasteiger partial charge in [0, 0.05) is 18.1 Å². The van der Waals surface area contributed by atoms with Gasteiger partial charge in [-0.05, 0) is 18.4 Å². The van der Waals surface area contributed by atoms with Crippen LogP contribution in [0, 0.1) is 0 Å². The highest BCUT2D eigenvalue weighted by Gasteiger charge is 2.58. The summed E-state index contributed by atoms with van der Waals surface area (Å²) in [5.74, 6) is 0. The van der Waals surface area contributed by atoms with E-state index in [2.05, 4.69) is 10.0 Å². The molecule has 0 radical (unpaired) electrons. The van der Waals surface area contributed by atoms with E-state index in [1.54, 1.807) is 0 Å². The van der Waals surface area contributed by atoms with E-state index in [1.165, 1.54) is 0 Å². The van der Waals surface area contributed by atoms with Crippen LogP contribution in [-0.4, -0.2) is 324 Å². The molecule has 0 aromatic heterocycles. The van der Waals surface area contributed by atoms with E-state index in [1.807, 2.05) is 0 Å². The molecule has 0 unspecified atom stereocenters. The predicted octanol–water partition coefficient (Wildman–Crippen LogP) is -10.5. The van der Waals surface area contributed by atoms with Crippen LogP contribution in [0.1, 0.15) is 19.3 Å². The van der Waals surface area contributed by atoms with Crippen LogP contribution in [0.25, 0.3) is 10.4 Å². The summed E-state index contributed by atoms with van der Waals surface area (Å²) in [6, 6.07) is 0. The molecule has 22 aliphatic heterocycles. The van der Waals surface area contributed by atoms with Crippen molar-refractivity contribution in [1.82, 2.24) is 0 Å². The first kappa shape index (κ1) is 59.8. The van der Waals surface area contributed by atoms with Crippen molar-refractivity contribution >= 4 is 0 Å². The Kier molecular flexibility index (Phi) is 21.7. The number of aliphatic hydroxyl groups excluding tert-OH is 17. The molecule has 0 spiro atoms. The number of unbranched alkanes of at least 4 members (excludes halogenated alkanes) is 2. The first-order valence-corrected chi connectivity index (χ1v) is 24.1. The molecule has 22 rings (SSSR count). The van der Waals surface area contributed by atoms with Crippen LogP contribution in [0.4, 0.5) is 0 Å². The smallest absolute Gasteiger partial charge is 0.187 e. The van der Waals surface area contributed by atoms with Crippen LogP contribution >= 0.6 is 0 Å². The van der Waals surface area contributed by atoms with Crippen LogP contribution in [0.3, 0.4) is 0 Å². The molecule has 74 heavy (non-hydrogen) atoms. The molecule has 22 aliphatic rings. The fourth-order valence-electron chi connectivity index (χ4n) is 9.72. The molecule has 17 N–H and O–H groups in total. The summed E-state index contributed by atoms with van der Waals surface area (Å²) in [4.78, 5) is 2.69. The Morgan fingerprint density at radius 3 is 0.811 bits per heavy atom. The van der Waals surface area contributed by atoms with Gasteiger partial charge in [0.15, 0.2) is 37.7 Å². The monoisotopic (exact) mass is 1080 g/mol. The summed E-state index contributed by atoms with van der Waals surface area (Å²) in [5.41, 5.74) is 8.55. The molecule has 0 saturated carbocycles. The van der Waals surface area contributed by atoms with E-state index < -0.39 is 224 Å². The summed E-state index contributed by atoms with van der Waals surface area (Å²) in [7, 11) is 0. The lowest BCUT2D eigenvalue weighted by molar-refractivity contribution is -0.404. The van der Waals surface area contributed by atoms with Gasteiger partial charge < -0.3 is 148 Å². The lowest BCUT2D eigenvalue weighted by Gasteiger charge is -2.50. The first-order valence-electron chi connectivity index (χ1n) is 24.1. The van der Waals surface area contributed by atoms with Gasteiger partial charge in [0.1, 0.15) is 146 Å². The number of aliphatic hydroxyl groups is 17. The van der Waals surface area contributed by atoms with E-state index in [0.717, 1.165) is 0 Å². The molecule has 0 aliphatic carbocycles. The number of rotatable bonds is 13. The lowest BCUT2D eigenvalue weighted by Crippen LogP contribution is -2.69. The maximum absolute atomic E-state index is 11.6. The third kappa shape index (κ3) is 12.7. The minimum atomic E-state index is -2.16.